The first kappa shape index (κ1) is 17.7. The molecule has 0 fully saturated rings. The van der Waals surface area contributed by atoms with Crippen LogP contribution < -0.4 is 10.1 Å². The molecular formula is C19H19N3O4S. The first-order valence-corrected chi connectivity index (χ1v) is 9.49. The summed E-state index contributed by atoms with van der Waals surface area (Å²) < 4.78 is 16.6. The van der Waals surface area contributed by atoms with Crippen molar-refractivity contribution in [1.29, 1.82) is 0 Å². The van der Waals surface area contributed by atoms with Crippen molar-refractivity contribution >= 4 is 22.2 Å². The van der Waals surface area contributed by atoms with Gasteiger partial charge in [0.2, 0.25) is 0 Å². The fourth-order valence-corrected chi connectivity index (χ4v) is 4.10. The lowest BCUT2D eigenvalue weighted by atomic mass is 10.1. The minimum atomic E-state index is -0.653. The number of hydrogen-bond donors (Lipinski definition) is 1. The van der Waals surface area contributed by atoms with Crippen molar-refractivity contribution in [2.24, 2.45) is 0 Å². The molecule has 8 heteroatoms. The SMILES string of the molecule is Cc1noc(-c2c(NC(=O)C(C)Oc3ccccc3)sc3c2CCOC3)n1. The molecule has 0 spiro atoms. The van der Waals surface area contributed by atoms with E-state index in [9.17, 15) is 4.79 Å². The number of fused-ring (bicyclic) bond motifs is 1. The molecule has 27 heavy (non-hydrogen) atoms. The van der Waals surface area contributed by atoms with Gasteiger partial charge in [0.1, 0.15) is 10.8 Å². The molecule has 2 aromatic heterocycles. The number of thiophene rings is 1. The molecule has 1 N–H and O–H groups in total. The van der Waals surface area contributed by atoms with Crippen molar-refractivity contribution in [3.05, 3.63) is 46.6 Å². The number of benzene rings is 1. The lowest BCUT2D eigenvalue weighted by Crippen LogP contribution is -2.30. The number of anilines is 1. The van der Waals surface area contributed by atoms with E-state index in [0.29, 0.717) is 35.7 Å². The normalized spacial score (nSPS) is 14.4. The van der Waals surface area contributed by atoms with Gasteiger partial charge < -0.3 is 19.3 Å². The molecule has 1 unspecified atom stereocenters. The predicted molar refractivity (Wildman–Crippen MR) is 101 cm³/mol. The molecule has 3 aromatic rings. The molecule has 1 aromatic carbocycles. The molecule has 1 atom stereocenters. The highest BCUT2D eigenvalue weighted by molar-refractivity contribution is 7.17. The van der Waals surface area contributed by atoms with Gasteiger partial charge in [-0.3, -0.25) is 4.79 Å². The summed E-state index contributed by atoms with van der Waals surface area (Å²) in [7, 11) is 0. The van der Waals surface area contributed by atoms with Gasteiger partial charge in [0.25, 0.3) is 11.8 Å². The average Bonchev–Trinajstić information content (AvgIpc) is 3.25. The summed E-state index contributed by atoms with van der Waals surface area (Å²) in [5.74, 6) is 1.37. The van der Waals surface area contributed by atoms with E-state index in [1.165, 1.54) is 11.3 Å². The van der Waals surface area contributed by atoms with E-state index in [2.05, 4.69) is 15.5 Å². The number of carbonyl (C=O) groups excluding carboxylic acids is 1. The number of rotatable bonds is 5. The Hall–Kier alpha value is -2.71. The minimum absolute atomic E-state index is 0.240. The van der Waals surface area contributed by atoms with Crippen molar-refractivity contribution in [3.63, 3.8) is 0 Å². The maximum absolute atomic E-state index is 12.7. The van der Waals surface area contributed by atoms with E-state index in [0.717, 1.165) is 22.4 Å². The molecule has 7 nitrogen and oxygen atoms in total. The standard InChI is InChI=1S/C19H19N3O4S/c1-11(25-13-6-4-3-5-7-13)17(23)21-19-16(18-20-12(2)22-26-18)14-8-9-24-10-15(14)27-19/h3-7,11H,8-10H2,1-2H3,(H,21,23). The average molecular weight is 385 g/mol. The lowest BCUT2D eigenvalue weighted by Gasteiger charge is -2.14. The van der Waals surface area contributed by atoms with Gasteiger partial charge in [-0.25, -0.2) is 0 Å². The van der Waals surface area contributed by atoms with Crippen LogP contribution in [0.4, 0.5) is 5.00 Å². The highest BCUT2D eigenvalue weighted by Crippen LogP contribution is 2.42. The van der Waals surface area contributed by atoms with E-state index in [-0.39, 0.29) is 5.91 Å². The minimum Gasteiger partial charge on any atom is -0.481 e. The van der Waals surface area contributed by atoms with Crippen LogP contribution in [0.5, 0.6) is 5.75 Å². The number of amides is 1. The zero-order chi connectivity index (χ0) is 18.8. The molecule has 0 radical (unpaired) electrons. The van der Waals surface area contributed by atoms with Crippen LogP contribution >= 0.6 is 11.3 Å². The summed E-state index contributed by atoms with van der Waals surface area (Å²) in [4.78, 5) is 18.1. The molecule has 1 aliphatic rings. The van der Waals surface area contributed by atoms with Gasteiger partial charge in [0, 0.05) is 4.88 Å². The topological polar surface area (TPSA) is 86.5 Å². The zero-order valence-corrected chi connectivity index (χ0v) is 15.8. The Labute approximate surface area is 160 Å². The van der Waals surface area contributed by atoms with Gasteiger partial charge in [-0.2, -0.15) is 4.98 Å². The lowest BCUT2D eigenvalue weighted by molar-refractivity contribution is -0.122. The Morgan fingerprint density at radius 3 is 2.89 bits per heavy atom. The number of carbonyl (C=O) groups is 1. The maximum atomic E-state index is 12.7. The van der Waals surface area contributed by atoms with Crippen molar-refractivity contribution in [3.8, 4) is 17.2 Å². The molecule has 0 saturated heterocycles. The predicted octanol–water partition coefficient (Wildman–Crippen LogP) is 3.59. The third kappa shape index (κ3) is 3.72. The van der Waals surface area contributed by atoms with E-state index >= 15 is 0 Å². The monoisotopic (exact) mass is 385 g/mol. The summed E-state index contributed by atoms with van der Waals surface area (Å²) >= 11 is 1.48. The summed E-state index contributed by atoms with van der Waals surface area (Å²) in [6.07, 6.45) is 0.0918. The smallest absolute Gasteiger partial charge is 0.265 e. The second-order valence-electron chi connectivity index (χ2n) is 6.22. The van der Waals surface area contributed by atoms with Crippen LogP contribution in [-0.4, -0.2) is 28.8 Å². The maximum Gasteiger partial charge on any atom is 0.265 e. The van der Waals surface area contributed by atoms with Gasteiger partial charge in [-0.05, 0) is 38.0 Å². The number of ether oxygens (including phenoxy) is 2. The zero-order valence-electron chi connectivity index (χ0n) is 15.0. The van der Waals surface area contributed by atoms with Crippen molar-refractivity contribution in [2.75, 3.05) is 11.9 Å². The number of nitrogens with zero attached hydrogens (tertiary/aromatic N) is 2. The van der Waals surface area contributed by atoms with Crippen LogP contribution in [0.2, 0.25) is 0 Å². The summed E-state index contributed by atoms with van der Waals surface area (Å²) in [6.45, 7) is 4.63. The fourth-order valence-electron chi connectivity index (χ4n) is 2.92. The quantitative estimate of drug-likeness (QED) is 0.722. The van der Waals surface area contributed by atoms with Crippen LogP contribution in [0.25, 0.3) is 11.5 Å². The highest BCUT2D eigenvalue weighted by atomic mass is 32.1. The van der Waals surface area contributed by atoms with Crippen molar-refractivity contribution in [1.82, 2.24) is 10.1 Å². The summed E-state index contributed by atoms with van der Waals surface area (Å²) in [6, 6.07) is 9.26. The fraction of sp³-hybridized carbons (Fsp3) is 0.316. The number of aromatic nitrogens is 2. The van der Waals surface area contributed by atoms with Crippen LogP contribution in [0, 0.1) is 6.92 Å². The molecule has 3 heterocycles. The summed E-state index contributed by atoms with van der Waals surface area (Å²) in [5.41, 5.74) is 1.89. The first-order chi connectivity index (χ1) is 13.1. The van der Waals surface area contributed by atoms with Crippen molar-refractivity contribution in [2.45, 2.75) is 33.0 Å². The number of aryl methyl sites for hydroxylation is 1. The Bertz CT molecular complexity index is 951. The van der Waals surface area contributed by atoms with Crippen LogP contribution in [0.15, 0.2) is 34.9 Å². The van der Waals surface area contributed by atoms with Gasteiger partial charge in [-0.15, -0.1) is 11.3 Å². The molecule has 1 aliphatic heterocycles. The second kappa shape index (κ2) is 7.50. The second-order valence-corrected chi connectivity index (χ2v) is 7.32. The van der Waals surface area contributed by atoms with Crippen molar-refractivity contribution < 1.29 is 18.8 Å². The van der Waals surface area contributed by atoms with E-state index in [4.69, 9.17) is 14.0 Å². The van der Waals surface area contributed by atoms with Crippen LogP contribution in [0.3, 0.4) is 0 Å². The Balaban J connectivity index is 1.59. The molecule has 0 saturated carbocycles. The summed E-state index contributed by atoms with van der Waals surface area (Å²) in [5, 5.41) is 7.53. The van der Waals surface area contributed by atoms with E-state index in [1.807, 2.05) is 30.3 Å². The number of para-hydroxylation sites is 1. The third-order valence-electron chi connectivity index (χ3n) is 4.22. The first-order valence-electron chi connectivity index (χ1n) is 8.67. The van der Waals surface area contributed by atoms with Gasteiger partial charge in [0.15, 0.2) is 11.9 Å². The van der Waals surface area contributed by atoms with Gasteiger partial charge in [-0.1, -0.05) is 23.4 Å². The molecule has 140 valence electrons. The van der Waals surface area contributed by atoms with E-state index < -0.39 is 6.10 Å². The van der Waals surface area contributed by atoms with E-state index in [1.54, 1.807) is 13.8 Å². The molecular weight excluding hydrogens is 366 g/mol. The van der Waals surface area contributed by atoms with Gasteiger partial charge in [0.05, 0.1) is 18.8 Å². The molecule has 1 amide bonds. The van der Waals surface area contributed by atoms with Crippen LogP contribution in [0.1, 0.15) is 23.2 Å². The molecule has 4 rings (SSSR count). The van der Waals surface area contributed by atoms with Gasteiger partial charge >= 0.3 is 0 Å². The Morgan fingerprint density at radius 1 is 1.33 bits per heavy atom. The largest absolute Gasteiger partial charge is 0.481 e. The number of hydrogen-bond acceptors (Lipinski definition) is 7. The third-order valence-corrected chi connectivity index (χ3v) is 5.34. The highest BCUT2D eigenvalue weighted by Gasteiger charge is 2.28. The number of nitrogens with one attached hydrogen (secondary N) is 1. The Morgan fingerprint density at radius 2 is 2.15 bits per heavy atom. The molecule has 0 aliphatic carbocycles. The van der Waals surface area contributed by atoms with Crippen LogP contribution in [-0.2, 0) is 22.6 Å². The molecule has 0 bridgehead atoms. The Kier molecular flexibility index (Phi) is 4.91.